The molecule has 1 aromatic carbocycles. The lowest BCUT2D eigenvalue weighted by molar-refractivity contribution is -0.140. The second-order valence-corrected chi connectivity index (χ2v) is 3.23. The Hall–Kier alpha value is -1.10. The van der Waals surface area contributed by atoms with E-state index in [1.54, 1.807) is 0 Å². The second-order valence-electron chi connectivity index (χ2n) is 2.89. The van der Waals surface area contributed by atoms with E-state index in [9.17, 15) is 22.4 Å². The van der Waals surface area contributed by atoms with E-state index in [2.05, 4.69) is 0 Å². The van der Waals surface area contributed by atoms with Crippen molar-refractivity contribution in [3.63, 3.8) is 0 Å². The quantitative estimate of drug-likeness (QED) is 0.542. The zero-order valence-corrected chi connectivity index (χ0v) is 8.21. The fraction of sp³-hybridized carbons (Fsp3) is 0.222. The van der Waals surface area contributed by atoms with Crippen LogP contribution in [0.15, 0.2) is 12.1 Å². The molecule has 0 saturated carbocycles. The minimum Gasteiger partial charge on any atom is -0.275 e. The van der Waals surface area contributed by atoms with Crippen LogP contribution in [0.4, 0.5) is 17.6 Å². The Morgan fingerprint density at radius 1 is 1.33 bits per heavy atom. The molecule has 1 aromatic rings. The highest BCUT2D eigenvalue weighted by atomic mass is 35.5. The number of carbonyl (C=O) groups excluding carboxylic acids is 1. The average molecular weight is 241 g/mol. The van der Waals surface area contributed by atoms with Gasteiger partial charge in [-0.25, -0.2) is 4.39 Å². The van der Waals surface area contributed by atoms with E-state index < -0.39 is 28.4 Å². The molecule has 6 heteroatoms. The summed E-state index contributed by atoms with van der Waals surface area (Å²) in [7, 11) is 0. The van der Waals surface area contributed by atoms with Crippen molar-refractivity contribution in [3.8, 4) is 0 Å². The van der Waals surface area contributed by atoms with Gasteiger partial charge in [-0.15, -0.1) is 0 Å². The van der Waals surface area contributed by atoms with E-state index in [0.29, 0.717) is 0 Å². The number of hydrogen-bond donors (Lipinski definition) is 0. The van der Waals surface area contributed by atoms with Gasteiger partial charge in [-0.3, -0.25) is 4.79 Å². The van der Waals surface area contributed by atoms with Crippen LogP contribution in [0.1, 0.15) is 21.5 Å². The zero-order valence-electron chi connectivity index (χ0n) is 7.45. The van der Waals surface area contributed by atoms with Gasteiger partial charge in [0.15, 0.2) is 0 Å². The molecule has 0 fully saturated rings. The van der Waals surface area contributed by atoms with Gasteiger partial charge in [0, 0.05) is 0 Å². The van der Waals surface area contributed by atoms with Gasteiger partial charge >= 0.3 is 6.18 Å². The molecule has 0 N–H and O–H groups in total. The van der Waals surface area contributed by atoms with Crippen molar-refractivity contribution in [2.24, 2.45) is 0 Å². The van der Waals surface area contributed by atoms with Gasteiger partial charge in [-0.05, 0) is 30.2 Å². The van der Waals surface area contributed by atoms with E-state index >= 15 is 0 Å². The number of benzene rings is 1. The Bertz CT molecular complexity index is 411. The van der Waals surface area contributed by atoms with Crippen LogP contribution in [0.5, 0.6) is 0 Å². The Balaban J connectivity index is 3.51. The molecule has 15 heavy (non-hydrogen) atoms. The standard InChI is InChI=1S/C9H5ClF4O/c1-4-2-3-5(8(10)15)7(11)6(4)9(12,13)14/h2-3H,1H3. The summed E-state index contributed by atoms with van der Waals surface area (Å²) in [5, 5.41) is -1.25. The molecule has 0 bridgehead atoms. The zero-order chi connectivity index (χ0) is 11.8. The van der Waals surface area contributed by atoms with Gasteiger partial charge in [0.2, 0.25) is 0 Å². The van der Waals surface area contributed by atoms with Crippen molar-refractivity contribution in [3.05, 3.63) is 34.6 Å². The van der Waals surface area contributed by atoms with Crippen LogP contribution in [0.3, 0.4) is 0 Å². The van der Waals surface area contributed by atoms with Gasteiger partial charge in [-0.1, -0.05) is 6.07 Å². The molecule has 0 radical (unpaired) electrons. The summed E-state index contributed by atoms with van der Waals surface area (Å²) >= 11 is 4.94. The molecule has 1 rings (SSSR count). The summed E-state index contributed by atoms with van der Waals surface area (Å²) in [6, 6.07) is 1.93. The van der Waals surface area contributed by atoms with E-state index in [1.807, 2.05) is 0 Å². The highest BCUT2D eigenvalue weighted by Gasteiger charge is 2.37. The first-order valence-corrected chi connectivity index (χ1v) is 4.19. The number of alkyl halides is 3. The van der Waals surface area contributed by atoms with Crippen molar-refractivity contribution >= 4 is 16.8 Å². The third-order valence-corrected chi connectivity index (χ3v) is 2.05. The van der Waals surface area contributed by atoms with Gasteiger partial charge in [0.1, 0.15) is 5.82 Å². The molecule has 0 saturated heterocycles. The summed E-state index contributed by atoms with van der Waals surface area (Å²) in [5.74, 6) is -1.62. The summed E-state index contributed by atoms with van der Waals surface area (Å²) in [4.78, 5) is 10.6. The Morgan fingerprint density at radius 3 is 2.27 bits per heavy atom. The first-order chi connectivity index (χ1) is 6.75. The molecule has 0 aromatic heterocycles. The molecule has 0 spiro atoms. The number of aryl methyl sites for hydroxylation is 1. The van der Waals surface area contributed by atoms with E-state index in [1.165, 1.54) is 0 Å². The van der Waals surface area contributed by atoms with Crippen LogP contribution in [0.25, 0.3) is 0 Å². The Labute approximate surface area is 87.7 Å². The van der Waals surface area contributed by atoms with Gasteiger partial charge in [-0.2, -0.15) is 13.2 Å². The van der Waals surface area contributed by atoms with Crippen LogP contribution >= 0.6 is 11.6 Å². The van der Waals surface area contributed by atoms with Crippen molar-refractivity contribution in [2.45, 2.75) is 13.1 Å². The first kappa shape index (κ1) is 12.0. The summed E-state index contributed by atoms with van der Waals surface area (Å²) in [6.07, 6.45) is -4.84. The number of rotatable bonds is 1. The number of hydrogen-bond acceptors (Lipinski definition) is 1. The van der Waals surface area contributed by atoms with E-state index in [0.717, 1.165) is 19.1 Å². The molecule has 0 heterocycles. The molecular weight excluding hydrogens is 236 g/mol. The fourth-order valence-corrected chi connectivity index (χ4v) is 1.32. The monoisotopic (exact) mass is 240 g/mol. The molecule has 0 atom stereocenters. The van der Waals surface area contributed by atoms with Crippen LogP contribution < -0.4 is 0 Å². The van der Waals surface area contributed by atoms with Gasteiger partial charge in [0.05, 0.1) is 11.1 Å². The Morgan fingerprint density at radius 2 is 1.87 bits per heavy atom. The molecule has 0 aliphatic rings. The third kappa shape index (κ3) is 2.28. The molecule has 0 amide bonds. The SMILES string of the molecule is Cc1ccc(C(=O)Cl)c(F)c1C(F)(F)F. The lowest BCUT2D eigenvalue weighted by Crippen LogP contribution is -2.13. The topological polar surface area (TPSA) is 17.1 Å². The van der Waals surface area contributed by atoms with Crippen molar-refractivity contribution < 1.29 is 22.4 Å². The average Bonchev–Trinajstić information content (AvgIpc) is 2.00. The minimum absolute atomic E-state index is 0.290. The number of halogens is 5. The fourth-order valence-electron chi connectivity index (χ4n) is 1.17. The number of carbonyl (C=O) groups is 1. The molecule has 0 aliphatic heterocycles. The van der Waals surface area contributed by atoms with Crippen LogP contribution in [0.2, 0.25) is 0 Å². The van der Waals surface area contributed by atoms with E-state index in [4.69, 9.17) is 11.6 Å². The van der Waals surface area contributed by atoms with Crippen LogP contribution in [-0.4, -0.2) is 5.24 Å². The molecule has 0 unspecified atom stereocenters. The smallest absolute Gasteiger partial charge is 0.275 e. The van der Waals surface area contributed by atoms with Crippen molar-refractivity contribution in [1.82, 2.24) is 0 Å². The molecule has 0 aliphatic carbocycles. The molecule has 82 valence electrons. The maximum Gasteiger partial charge on any atom is 0.419 e. The minimum atomic E-state index is -4.84. The highest BCUT2D eigenvalue weighted by Crippen LogP contribution is 2.35. The van der Waals surface area contributed by atoms with Crippen molar-refractivity contribution in [2.75, 3.05) is 0 Å². The molecular formula is C9H5ClF4O. The van der Waals surface area contributed by atoms with Gasteiger partial charge in [0.25, 0.3) is 5.24 Å². The Kier molecular flexibility index (Phi) is 3.04. The van der Waals surface area contributed by atoms with E-state index in [-0.39, 0.29) is 5.56 Å². The van der Waals surface area contributed by atoms with Crippen LogP contribution in [-0.2, 0) is 6.18 Å². The summed E-state index contributed by atoms with van der Waals surface area (Å²) < 4.78 is 50.3. The summed E-state index contributed by atoms with van der Waals surface area (Å²) in [6.45, 7) is 1.11. The predicted molar refractivity (Wildman–Crippen MR) is 46.3 cm³/mol. The first-order valence-electron chi connectivity index (χ1n) is 3.81. The third-order valence-electron chi connectivity index (χ3n) is 1.85. The summed E-state index contributed by atoms with van der Waals surface area (Å²) in [5.41, 5.74) is -2.51. The molecule has 1 nitrogen and oxygen atoms in total. The maximum atomic E-state index is 13.3. The normalized spacial score (nSPS) is 11.6. The van der Waals surface area contributed by atoms with Crippen LogP contribution in [0, 0.1) is 12.7 Å². The second kappa shape index (κ2) is 3.81. The lowest BCUT2D eigenvalue weighted by Gasteiger charge is -2.12. The maximum absolute atomic E-state index is 13.3. The largest absolute Gasteiger partial charge is 0.419 e. The predicted octanol–water partition coefficient (Wildman–Crippen LogP) is 3.53. The van der Waals surface area contributed by atoms with Gasteiger partial charge < -0.3 is 0 Å². The lowest BCUT2D eigenvalue weighted by atomic mass is 10.0. The highest BCUT2D eigenvalue weighted by molar-refractivity contribution is 6.67. The van der Waals surface area contributed by atoms with Crippen molar-refractivity contribution in [1.29, 1.82) is 0 Å².